The van der Waals surface area contributed by atoms with Crippen molar-refractivity contribution in [2.75, 3.05) is 47.7 Å². The summed E-state index contributed by atoms with van der Waals surface area (Å²) in [7, 11) is 10.3. The molecule has 0 saturated heterocycles. The van der Waals surface area contributed by atoms with Gasteiger partial charge in [0.05, 0.1) is 19.1 Å². The quantitative estimate of drug-likeness (QED) is 0.293. The average molecular weight is 532 g/mol. The summed E-state index contributed by atoms with van der Waals surface area (Å²) >= 11 is 0. The molecule has 2 rings (SSSR count). The van der Waals surface area contributed by atoms with Crippen LogP contribution >= 0.6 is 0 Å². The number of amides is 1. The van der Waals surface area contributed by atoms with Crippen LogP contribution in [0.3, 0.4) is 0 Å². The maximum absolute atomic E-state index is 12.7. The van der Waals surface area contributed by atoms with E-state index >= 15 is 0 Å². The molecule has 0 aliphatic heterocycles. The molecular formula is C27H32F3N5O3. The van der Waals surface area contributed by atoms with Crippen LogP contribution in [0.1, 0.15) is 27.9 Å². The zero-order chi connectivity index (χ0) is 28.5. The lowest BCUT2D eigenvalue weighted by Gasteiger charge is -2.23. The molecule has 0 fully saturated rings. The van der Waals surface area contributed by atoms with Crippen molar-refractivity contribution in [2.45, 2.75) is 19.0 Å². The fourth-order valence-electron chi connectivity index (χ4n) is 3.52. The van der Waals surface area contributed by atoms with Crippen LogP contribution in [0, 0.1) is 0 Å². The van der Waals surface area contributed by atoms with Crippen LogP contribution in [0.4, 0.5) is 18.9 Å². The number of hydrogen-bond acceptors (Lipinski definition) is 6. The van der Waals surface area contributed by atoms with Gasteiger partial charge in [-0.2, -0.15) is 13.2 Å². The van der Waals surface area contributed by atoms with Gasteiger partial charge in [-0.25, -0.2) is 4.99 Å². The third-order valence-corrected chi connectivity index (χ3v) is 5.37. The summed E-state index contributed by atoms with van der Waals surface area (Å²) in [6.45, 7) is 0. The van der Waals surface area contributed by atoms with E-state index in [1.54, 1.807) is 35.2 Å². The third-order valence-electron chi connectivity index (χ3n) is 5.37. The molecule has 8 nitrogen and oxygen atoms in total. The second-order valence-electron chi connectivity index (χ2n) is 8.63. The lowest BCUT2D eigenvalue weighted by molar-refractivity contribution is -0.140. The number of anilines is 1. The van der Waals surface area contributed by atoms with Crippen molar-refractivity contribution >= 4 is 29.6 Å². The molecule has 204 valence electrons. The van der Waals surface area contributed by atoms with Gasteiger partial charge in [-0.15, -0.1) is 0 Å². The van der Waals surface area contributed by atoms with E-state index < -0.39 is 23.6 Å². The van der Waals surface area contributed by atoms with Gasteiger partial charge in [0.2, 0.25) is 0 Å². The molecule has 0 saturated carbocycles. The highest BCUT2D eigenvalue weighted by atomic mass is 19.4. The number of benzene rings is 2. The number of likely N-dealkylation sites (N-methyl/N-ethyl adjacent to an activating group) is 1. The van der Waals surface area contributed by atoms with Crippen LogP contribution in [-0.4, -0.2) is 76.1 Å². The van der Waals surface area contributed by atoms with Crippen LogP contribution in [0.5, 0.6) is 0 Å². The molecule has 38 heavy (non-hydrogen) atoms. The minimum absolute atomic E-state index is 0.000463. The van der Waals surface area contributed by atoms with E-state index in [0.717, 1.165) is 29.8 Å². The molecule has 1 N–H and O–H groups in total. The molecule has 0 bridgehead atoms. The van der Waals surface area contributed by atoms with E-state index in [2.05, 4.69) is 15.3 Å². The molecule has 11 heteroatoms. The van der Waals surface area contributed by atoms with E-state index in [-0.39, 0.29) is 12.0 Å². The molecular weight excluding hydrogens is 499 g/mol. The van der Waals surface area contributed by atoms with Gasteiger partial charge in [0, 0.05) is 64.7 Å². The van der Waals surface area contributed by atoms with Crippen LogP contribution in [0.15, 0.2) is 69.9 Å². The largest absolute Gasteiger partial charge is 0.469 e. The van der Waals surface area contributed by atoms with Crippen LogP contribution in [-0.2, 0) is 22.1 Å². The first-order valence-electron chi connectivity index (χ1n) is 11.6. The van der Waals surface area contributed by atoms with Crippen molar-refractivity contribution in [3.05, 3.63) is 76.6 Å². The van der Waals surface area contributed by atoms with Gasteiger partial charge in [0.25, 0.3) is 5.91 Å². The first kappa shape index (κ1) is 30.1. The molecule has 2 aromatic rings. The Morgan fingerprint density at radius 1 is 0.974 bits per heavy atom. The van der Waals surface area contributed by atoms with Crippen LogP contribution in [0.25, 0.3) is 0 Å². The fraction of sp³-hybridized carbons (Fsp3) is 0.333. The molecule has 1 amide bonds. The Kier molecular flexibility index (Phi) is 10.6. The summed E-state index contributed by atoms with van der Waals surface area (Å²) in [6.07, 6.45) is -2.28. The van der Waals surface area contributed by atoms with Gasteiger partial charge in [0.1, 0.15) is 11.7 Å². The smallest absolute Gasteiger partial charge is 0.416 e. The number of carbonyl (C=O) groups is 2. The topological polar surface area (TPSA) is 86.6 Å². The number of hydrogen-bond donors (Lipinski definition) is 1. The second-order valence-corrected chi connectivity index (χ2v) is 8.63. The summed E-state index contributed by atoms with van der Waals surface area (Å²) in [5.41, 5.74) is 1.33. The number of esters is 1. The number of carbonyl (C=O) groups excluding carboxylic acids is 2. The molecule has 0 aromatic heterocycles. The van der Waals surface area contributed by atoms with E-state index in [4.69, 9.17) is 4.74 Å². The average Bonchev–Trinajstić information content (AvgIpc) is 2.86. The Balaban J connectivity index is 2.16. The standard InChI is InChI=1S/C27H32F3N5O3/c1-31-24(34(2)3)22(17-23(36)38-6)25(35(4)5)32-16-15-18-7-13-21(14-8-18)33-26(37)19-9-11-20(12-10-19)27(28,29)30/h7-14,16H,15,17H2,1-6H3,(H,33,37)/b25-22+,31-24+,32-16+. The number of amidine groups is 1. The molecule has 2 aromatic carbocycles. The maximum atomic E-state index is 12.7. The Morgan fingerprint density at radius 3 is 2.05 bits per heavy atom. The monoisotopic (exact) mass is 531 g/mol. The van der Waals surface area contributed by atoms with E-state index in [1.807, 2.05) is 40.3 Å². The number of nitrogens with one attached hydrogen (secondary N) is 1. The fourth-order valence-corrected chi connectivity index (χ4v) is 3.52. The normalized spacial score (nSPS) is 12.7. The molecule has 0 spiro atoms. The minimum Gasteiger partial charge on any atom is -0.469 e. The Morgan fingerprint density at radius 2 is 1.58 bits per heavy atom. The Labute approximate surface area is 220 Å². The van der Waals surface area contributed by atoms with Gasteiger partial charge in [-0.05, 0) is 42.0 Å². The number of nitrogens with zero attached hydrogens (tertiary/aromatic N) is 4. The van der Waals surface area contributed by atoms with Crippen LogP contribution < -0.4 is 5.32 Å². The van der Waals surface area contributed by atoms with Crippen molar-refractivity contribution in [1.82, 2.24) is 9.80 Å². The molecule has 0 aliphatic carbocycles. The molecule has 0 heterocycles. The predicted octanol–water partition coefficient (Wildman–Crippen LogP) is 4.50. The van der Waals surface area contributed by atoms with E-state index in [0.29, 0.717) is 29.3 Å². The summed E-state index contributed by atoms with van der Waals surface area (Å²) in [4.78, 5) is 37.0. The lowest BCUT2D eigenvalue weighted by Crippen LogP contribution is -2.29. The van der Waals surface area contributed by atoms with Crippen molar-refractivity contribution in [2.24, 2.45) is 9.98 Å². The van der Waals surface area contributed by atoms with Gasteiger partial charge in [-0.3, -0.25) is 14.6 Å². The van der Waals surface area contributed by atoms with Crippen molar-refractivity contribution in [3.63, 3.8) is 0 Å². The second kappa shape index (κ2) is 13.4. The van der Waals surface area contributed by atoms with Crippen molar-refractivity contribution in [3.8, 4) is 0 Å². The maximum Gasteiger partial charge on any atom is 0.416 e. The van der Waals surface area contributed by atoms with Gasteiger partial charge in [0.15, 0.2) is 0 Å². The van der Waals surface area contributed by atoms with Gasteiger partial charge >= 0.3 is 12.1 Å². The first-order chi connectivity index (χ1) is 17.9. The molecule has 0 aliphatic rings. The SMILES string of the molecule is C\N=C(/C(CC(=O)OC)=C(\N=C\Cc1ccc(NC(=O)c2ccc(C(F)(F)F)cc2)cc1)N(C)C)N(C)C. The highest BCUT2D eigenvalue weighted by molar-refractivity contribution is 6.04. The molecule has 0 unspecified atom stereocenters. The Hall–Kier alpha value is -4.15. The number of methoxy groups -OCH3 is 1. The van der Waals surface area contributed by atoms with Gasteiger partial charge in [-0.1, -0.05) is 12.1 Å². The lowest BCUT2D eigenvalue weighted by atomic mass is 10.1. The van der Waals surface area contributed by atoms with Crippen molar-refractivity contribution in [1.29, 1.82) is 0 Å². The number of halogens is 3. The zero-order valence-electron chi connectivity index (χ0n) is 22.3. The van der Waals surface area contributed by atoms with Crippen molar-refractivity contribution < 1.29 is 27.5 Å². The predicted molar refractivity (Wildman–Crippen MR) is 142 cm³/mol. The van der Waals surface area contributed by atoms with E-state index in [1.165, 1.54) is 7.11 Å². The molecule has 0 atom stereocenters. The third kappa shape index (κ3) is 8.46. The molecule has 0 radical (unpaired) electrons. The number of ether oxygens (including phenoxy) is 1. The first-order valence-corrected chi connectivity index (χ1v) is 11.6. The van der Waals surface area contributed by atoms with Gasteiger partial charge < -0.3 is 19.9 Å². The number of rotatable bonds is 9. The summed E-state index contributed by atoms with van der Waals surface area (Å²) in [5, 5.41) is 2.67. The number of aliphatic imine (C=N–C) groups is 2. The summed E-state index contributed by atoms with van der Waals surface area (Å²) in [5.74, 6) is 0.238. The highest BCUT2D eigenvalue weighted by Crippen LogP contribution is 2.29. The van der Waals surface area contributed by atoms with E-state index in [9.17, 15) is 22.8 Å². The highest BCUT2D eigenvalue weighted by Gasteiger charge is 2.30. The number of alkyl halides is 3. The summed E-state index contributed by atoms with van der Waals surface area (Å²) in [6, 6.07) is 11.0. The zero-order valence-corrected chi connectivity index (χ0v) is 22.3. The summed E-state index contributed by atoms with van der Waals surface area (Å²) < 4.78 is 43.0. The van der Waals surface area contributed by atoms with Crippen LogP contribution in [0.2, 0.25) is 0 Å². The minimum atomic E-state index is -4.46. The Bertz CT molecular complexity index is 1200.